The molecule has 0 atom stereocenters. The molecule has 1 radical (unpaired) electrons. The minimum absolute atomic E-state index is 0. The van der Waals surface area contributed by atoms with E-state index in [1.165, 1.54) is 48.9 Å². The van der Waals surface area contributed by atoms with Gasteiger partial charge in [-0.05, 0) is 68.9 Å². The number of benzene rings is 5. The molecule has 58 heavy (non-hydrogen) atoms. The summed E-state index contributed by atoms with van der Waals surface area (Å²) < 4.78 is 0. The summed E-state index contributed by atoms with van der Waals surface area (Å²) in [5.41, 5.74) is 5.93. The van der Waals surface area contributed by atoms with Crippen LogP contribution in [0.1, 0.15) is 97.8 Å². The van der Waals surface area contributed by atoms with Crippen LogP contribution in [0.15, 0.2) is 139 Å². The molecule has 1 aliphatic rings. The molecular weight excluding hydrogens is 903 g/mol. The fourth-order valence-corrected chi connectivity index (χ4v) is 14.6. The summed E-state index contributed by atoms with van der Waals surface area (Å²) in [7, 11) is -2.77. The molecule has 5 aromatic carbocycles. The van der Waals surface area contributed by atoms with Crippen LogP contribution in [0.4, 0.5) is 0 Å². The van der Waals surface area contributed by atoms with E-state index in [-0.39, 0.29) is 54.3 Å². The van der Waals surface area contributed by atoms with Crippen molar-refractivity contribution >= 4 is 45.4 Å². The zero-order chi connectivity index (χ0) is 41.0. The van der Waals surface area contributed by atoms with E-state index in [1.54, 1.807) is 0 Å². The van der Waals surface area contributed by atoms with Gasteiger partial charge in [0, 0.05) is 49.9 Å². The average Bonchev–Trinajstić information content (AvgIpc) is 3.23. The van der Waals surface area contributed by atoms with Crippen molar-refractivity contribution in [1.82, 2.24) is 4.98 Å². The van der Waals surface area contributed by atoms with Crippen LogP contribution in [-0.2, 0) is 35.7 Å². The number of aliphatic hydroxyl groups is 1. The standard InChI is InChI=1S/C40H36NSi.C13H24O2.Ir/c1-28-33-24-16-15-17-29(33)27-34-36(28)39(2,3)40(4,5)37-35(25-26-41-38(34)37)42(30-18-9-6-10-19-30,31-20-11-7-12-21-31)32-22-13-8-14-23-32;1-5-10(6-2)12(14)9-13(15)11(7-3)8-4;/h6-26H,1-5H3;9-11,14H,5-8H2,1-4H3;/q-1;;/b;12-9-;. The molecule has 0 fully saturated rings. The van der Waals surface area contributed by atoms with Crippen molar-refractivity contribution < 1.29 is 30.0 Å². The van der Waals surface area contributed by atoms with Gasteiger partial charge in [-0.3, -0.25) is 9.78 Å². The van der Waals surface area contributed by atoms with Crippen LogP contribution in [0.2, 0.25) is 0 Å². The smallest absolute Gasteiger partial charge is 0.179 e. The first-order valence-electron chi connectivity index (χ1n) is 21.0. The first kappa shape index (κ1) is 44.7. The van der Waals surface area contributed by atoms with E-state index >= 15 is 0 Å². The Hall–Kier alpha value is -4.41. The molecule has 0 bridgehead atoms. The van der Waals surface area contributed by atoms with E-state index < -0.39 is 8.07 Å². The zero-order valence-electron chi connectivity index (χ0n) is 35.8. The molecule has 303 valence electrons. The molecule has 3 nitrogen and oxygen atoms in total. The van der Waals surface area contributed by atoms with Crippen LogP contribution in [-0.4, -0.2) is 23.9 Å². The molecule has 0 aliphatic heterocycles. The first-order valence-corrected chi connectivity index (χ1v) is 23.0. The second kappa shape index (κ2) is 18.7. The first-order chi connectivity index (χ1) is 27.4. The number of carbonyl (C=O) groups is 1. The van der Waals surface area contributed by atoms with Gasteiger partial charge in [0.05, 0.1) is 5.76 Å². The number of ketones is 1. The van der Waals surface area contributed by atoms with Crippen molar-refractivity contribution in [2.75, 3.05) is 0 Å². The number of hydrogen-bond donors (Lipinski definition) is 1. The Morgan fingerprint density at radius 1 is 0.672 bits per heavy atom. The van der Waals surface area contributed by atoms with E-state index in [0.29, 0.717) is 0 Å². The van der Waals surface area contributed by atoms with Crippen LogP contribution in [0.5, 0.6) is 0 Å². The maximum atomic E-state index is 11.7. The number of hydrogen-bond acceptors (Lipinski definition) is 3. The Balaban J connectivity index is 0.000000344. The number of allylic oxidation sites excluding steroid dienone is 2. The van der Waals surface area contributed by atoms with Crippen LogP contribution < -0.4 is 20.7 Å². The van der Waals surface area contributed by atoms with Gasteiger partial charge in [0.25, 0.3) is 0 Å². The van der Waals surface area contributed by atoms with Gasteiger partial charge in [-0.25, -0.2) is 0 Å². The van der Waals surface area contributed by atoms with Gasteiger partial charge in [-0.15, -0.1) is 23.1 Å². The average molecular weight is 963 g/mol. The van der Waals surface area contributed by atoms with Gasteiger partial charge in [-0.1, -0.05) is 188 Å². The second-order valence-electron chi connectivity index (χ2n) is 16.7. The van der Waals surface area contributed by atoms with E-state index in [9.17, 15) is 9.90 Å². The Labute approximate surface area is 362 Å². The van der Waals surface area contributed by atoms with E-state index in [1.807, 2.05) is 27.7 Å². The maximum absolute atomic E-state index is 11.7. The molecule has 1 heterocycles. The van der Waals surface area contributed by atoms with Crippen molar-refractivity contribution in [3.63, 3.8) is 0 Å². The van der Waals surface area contributed by atoms with E-state index in [0.717, 1.165) is 42.3 Å². The molecule has 7 rings (SSSR count). The molecule has 5 heteroatoms. The van der Waals surface area contributed by atoms with Gasteiger partial charge in [0.1, 0.15) is 0 Å². The normalized spacial score (nSPS) is 14.2. The molecule has 0 amide bonds. The zero-order valence-corrected chi connectivity index (χ0v) is 39.2. The second-order valence-corrected chi connectivity index (χ2v) is 20.5. The van der Waals surface area contributed by atoms with Gasteiger partial charge < -0.3 is 5.11 Å². The number of pyridine rings is 1. The quantitative estimate of drug-likeness (QED) is 0.0463. The van der Waals surface area contributed by atoms with Crippen LogP contribution in [0.25, 0.3) is 22.0 Å². The molecule has 1 aliphatic carbocycles. The minimum atomic E-state index is -2.77. The molecule has 0 saturated carbocycles. The summed E-state index contributed by atoms with van der Waals surface area (Å²) in [6.45, 7) is 20.1. The number of fused-ring (bicyclic) bond motifs is 4. The van der Waals surface area contributed by atoms with E-state index in [2.05, 4.69) is 168 Å². The van der Waals surface area contributed by atoms with Crippen molar-refractivity contribution in [3.8, 4) is 11.3 Å². The maximum Gasteiger partial charge on any atom is 0.179 e. The molecular formula is C53H60IrNO2Si-. The van der Waals surface area contributed by atoms with Gasteiger partial charge in [0.15, 0.2) is 13.9 Å². The number of aryl methyl sites for hydroxylation is 1. The summed E-state index contributed by atoms with van der Waals surface area (Å²) in [6, 6.07) is 48.6. The largest absolute Gasteiger partial charge is 0.512 e. The summed E-state index contributed by atoms with van der Waals surface area (Å²) in [5, 5.41) is 17.8. The summed E-state index contributed by atoms with van der Waals surface area (Å²) >= 11 is 0. The summed E-state index contributed by atoms with van der Waals surface area (Å²) in [6.07, 6.45) is 6.96. The predicted octanol–water partition coefficient (Wildman–Crippen LogP) is 10.8. The van der Waals surface area contributed by atoms with Crippen LogP contribution >= 0.6 is 0 Å². The Morgan fingerprint density at radius 3 is 1.60 bits per heavy atom. The minimum Gasteiger partial charge on any atom is -0.512 e. The Kier molecular flexibility index (Phi) is 14.4. The molecule has 1 N–H and O–H groups in total. The topological polar surface area (TPSA) is 50.2 Å². The van der Waals surface area contributed by atoms with Crippen LogP contribution in [0.3, 0.4) is 0 Å². The fourth-order valence-electron chi connectivity index (χ4n) is 9.43. The molecule has 0 saturated heterocycles. The molecule has 6 aromatic rings. The summed E-state index contributed by atoms with van der Waals surface area (Å²) in [4.78, 5) is 16.9. The third kappa shape index (κ3) is 7.86. The third-order valence-electron chi connectivity index (χ3n) is 13.3. The van der Waals surface area contributed by atoms with Gasteiger partial charge in [0.2, 0.25) is 0 Å². The van der Waals surface area contributed by atoms with E-state index in [4.69, 9.17) is 4.98 Å². The third-order valence-corrected chi connectivity index (χ3v) is 18.1. The number of aromatic nitrogens is 1. The van der Waals surface area contributed by atoms with Crippen LogP contribution in [0, 0.1) is 24.8 Å². The Bertz CT molecular complexity index is 2250. The fraction of sp³-hybridized carbons (Fsp3) is 0.321. The van der Waals surface area contributed by atoms with Gasteiger partial charge in [-0.2, -0.15) is 0 Å². The predicted molar refractivity (Wildman–Crippen MR) is 244 cm³/mol. The van der Waals surface area contributed by atoms with Crippen molar-refractivity contribution in [3.05, 3.63) is 162 Å². The summed E-state index contributed by atoms with van der Waals surface area (Å²) in [5.74, 6) is 0.547. The molecule has 1 aromatic heterocycles. The Morgan fingerprint density at radius 2 is 1.12 bits per heavy atom. The molecule has 0 unspecified atom stereocenters. The van der Waals surface area contributed by atoms with Crippen molar-refractivity contribution in [2.45, 2.75) is 98.8 Å². The number of rotatable bonds is 11. The van der Waals surface area contributed by atoms with Crippen molar-refractivity contribution in [1.29, 1.82) is 0 Å². The monoisotopic (exact) mass is 963 g/mol. The number of nitrogens with zero attached hydrogens (tertiary/aromatic N) is 1. The van der Waals surface area contributed by atoms with Crippen molar-refractivity contribution in [2.24, 2.45) is 11.8 Å². The number of aliphatic hydroxyl groups excluding tert-OH is 1. The molecule has 0 spiro atoms. The van der Waals surface area contributed by atoms with Gasteiger partial charge >= 0.3 is 0 Å². The SMILES string of the molecule is CCC(CC)C(=O)/C=C(\O)C(CC)CC.Cc1c2c([c-]c3ccccc13)-c1nccc([Si](c3ccccc3)(c3ccccc3)c3ccccc3)c1C(C)(C)C2(C)C.[Ir]. The number of carbonyl (C=O) groups excluding carboxylic acids is 1.